The van der Waals surface area contributed by atoms with Gasteiger partial charge in [0.15, 0.2) is 0 Å². The van der Waals surface area contributed by atoms with E-state index in [1.165, 1.54) is 21.2 Å². The number of benzene rings is 1. The monoisotopic (exact) mass is 481 g/mol. The van der Waals surface area contributed by atoms with E-state index in [0.29, 0.717) is 17.3 Å². The van der Waals surface area contributed by atoms with Crippen LogP contribution in [0.4, 0.5) is 0 Å². The fraction of sp³-hybridized carbons (Fsp3) is 0.500. The van der Waals surface area contributed by atoms with Gasteiger partial charge >= 0.3 is 0 Å². The lowest BCUT2D eigenvalue weighted by molar-refractivity contribution is -0.136. The zero-order valence-corrected chi connectivity index (χ0v) is 19.8. The van der Waals surface area contributed by atoms with E-state index in [1.807, 2.05) is 29.2 Å². The maximum atomic E-state index is 13.2. The summed E-state index contributed by atoms with van der Waals surface area (Å²) in [4.78, 5) is 17.5. The minimum Gasteiger partial charge on any atom is -0.341 e. The number of nitrogens with zero attached hydrogens (tertiary/aromatic N) is 3. The quantitative estimate of drug-likeness (QED) is 0.655. The molecule has 1 atom stereocenters. The van der Waals surface area contributed by atoms with Crippen LogP contribution in [-0.2, 0) is 21.4 Å². The minimum atomic E-state index is -3.51. The van der Waals surface area contributed by atoms with Crippen LogP contribution in [0.5, 0.6) is 0 Å². The third-order valence-corrected chi connectivity index (χ3v) is 9.53. The Balaban J connectivity index is 1.35. The van der Waals surface area contributed by atoms with Crippen LogP contribution in [0.15, 0.2) is 46.0 Å². The van der Waals surface area contributed by atoms with Gasteiger partial charge in [-0.3, -0.25) is 9.69 Å². The zero-order valence-electron chi connectivity index (χ0n) is 17.5. The molecule has 0 bridgehead atoms. The van der Waals surface area contributed by atoms with Gasteiger partial charge < -0.3 is 4.90 Å². The maximum absolute atomic E-state index is 13.2. The zero-order chi connectivity index (χ0) is 21.8. The second-order valence-electron chi connectivity index (χ2n) is 8.22. The molecule has 1 unspecified atom stereocenters. The molecular formula is C22H28ClN3O3S2. The molecule has 3 heterocycles. The average Bonchev–Trinajstić information content (AvgIpc) is 3.23. The van der Waals surface area contributed by atoms with E-state index >= 15 is 0 Å². The number of rotatable bonds is 5. The molecule has 31 heavy (non-hydrogen) atoms. The number of hydrogen-bond donors (Lipinski definition) is 0. The van der Waals surface area contributed by atoms with E-state index in [4.69, 9.17) is 11.6 Å². The highest BCUT2D eigenvalue weighted by Gasteiger charge is 2.35. The minimum absolute atomic E-state index is 0.0967. The van der Waals surface area contributed by atoms with Crippen LogP contribution in [0.2, 0.25) is 5.02 Å². The topological polar surface area (TPSA) is 60.9 Å². The van der Waals surface area contributed by atoms with Gasteiger partial charge in [0.1, 0.15) is 4.21 Å². The van der Waals surface area contributed by atoms with Crippen molar-refractivity contribution in [1.29, 1.82) is 0 Å². The molecule has 2 aliphatic rings. The van der Waals surface area contributed by atoms with E-state index in [-0.39, 0.29) is 18.4 Å². The molecule has 0 saturated carbocycles. The van der Waals surface area contributed by atoms with Crippen molar-refractivity contribution >= 4 is 38.9 Å². The summed E-state index contributed by atoms with van der Waals surface area (Å²) in [5.74, 6) is -0.161. The fourth-order valence-corrected chi connectivity index (χ4v) is 7.15. The Bertz CT molecular complexity index is 980. The molecule has 6 nitrogen and oxygen atoms in total. The molecule has 9 heteroatoms. The first-order chi connectivity index (χ1) is 14.9. The van der Waals surface area contributed by atoms with E-state index in [9.17, 15) is 13.2 Å². The molecule has 0 spiro atoms. The van der Waals surface area contributed by atoms with Crippen molar-refractivity contribution in [3.8, 4) is 0 Å². The van der Waals surface area contributed by atoms with Crippen LogP contribution in [0, 0.1) is 5.92 Å². The number of thiophene rings is 1. The van der Waals surface area contributed by atoms with Crippen LogP contribution in [0.1, 0.15) is 24.8 Å². The number of hydrogen-bond acceptors (Lipinski definition) is 5. The Morgan fingerprint density at radius 2 is 1.84 bits per heavy atom. The molecule has 1 aromatic carbocycles. The molecule has 0 N–H and O–H groups in total. The molecule has 168 valence electrons. The summed E-state index contributed by atoms with van der Waals surface area (Å²) in [6.07, 6.45) is 2.39. The second kappa shape index (κ2) is 10.0. The van der Waals surface area contributed by atoms with Gasteiger partial charge in [-0.1, -0.05) is 29.8 Å². The van der Waals surface area contributed by atoms with Gasteiger partial charge in [-0.2, -0.15) is 4.31 Å². The Labute approximate surface area is 193 Å². The summed E-state index contributed by atoms with van der Waals surface area (Å²) >= 11 is 7.21. The predicted octanol–water partition coefficient (Wildman–Crippen LogP) is 3.54. The first-order valence-corrected chi connectivity index (χ1v) is 13.4. The molecule has 0 radical (unpaired) electrons. The van der Waals surface area contributed by atoms with Crippen molar-refractivity contribution in [3.63, 3.8) is 0 Å². The summed E-state index contributed by atoms with van der Waals surface area (Å²) in [7, 11) is -3.51. The van der Waals surface area contributed by atoms with Gasteiger partial charge in [-0.15, -0.1) is 11.3 Å². The highest BCUT2D eigenvalue weighted by atomic mass is 35.5. The molecule has 1 amide bonds. The first-order valence-electron chi connectivity index (χ1n) is 10.7. The summed E-state index contributed by atoms with van der Waals surface area (Å²) in [6.45, 7) is 4.78. The van der Waals surface area contributed by atoms with Crippen molar-refractivity contribution in [1.82, 2.24) is 14.1 Å². The van der Waals surface area contributed by atoms with Gasteiger partial charge in [-0.05, 0) is 48.4 Å². The van der Waals surface area contributed by atoms with Crippen LogP contribution < -0.4 is 0 Å². The molecular weight excluding hydrogens is 454 g/mol. The van der Waals surface area contributed by atoms with Gasteiger partial charge in [0, 0.05) is 50.8 Å². The Morgan fingerprint density at radius 1 is 1.03 bits per heavy atom. The Morgan fingerprint density at radius 3 is 2.58 bits per heavy atom. The van der Waals surface area contributed by atoms with Gasteiger partial charge in [0.25, 0.3) is 10.0 Å². The lowest BCUT2D eigenvalue weighted by atomic mass is 9.98. The number of halogens is 1. The summed E-state index contributed by atoms with van der Waals surface area (Å²) in [6, 6.07) is 11.3. The molecule has 2 aliphatic heterocycles. The predicted molar refractivity (Wildman–Crippen MR) is 124 cm³/mol. The molecule has 4 rings (SSSR count). The smallest absolute Gasteiger partial charge is 0.252 e. The standard InChI is InChI=1S/C22H28ClN3O3S2/c23-20-8-6-18(7-9-20)16-24-10-3-11-25(14-13-24)22(27)19-4-1-12-26(17-19)31(28,29)21-5-2-15-30-21/h2,5-9,15,19H,1,3-4,10-14,16-17H2. The third-order valence-electron chi connectivity index (χ3n) is 6.04. The van der Waals surface area contributed by atoms with Crippen LogP contribution >= 0.6 is 22.9 Å². The third kappa shape index (κ3) is 5.49. The van der Waals surface area contributed by atoms with Crippen molar-refractivity contribution in [3.05, 3.63) is 52.4 Å². The SMILES string of the molecule is O=C(C1CCCN(S(=O)(=O)c2cccs2)C1)N1CCCN(Cc2ccc(Cl)cc2)CC1. The molecule has 2 aromatic rings. The second-order valence-corrected chi connectivity index (χ2v) is 11.8. The largest absolute Gasteiger partial charge is 0.341 e. The van der Waals surface area contributed by atoms with E-state index < -0.39 is 10.0 Å². The highest BCUT2D eigenvalue weighted by molar-refractivity contribution is 7.91. The maximum Gasteiger partial charge on any atom is 0.252 e. The Hall–Kier alpha value is -1.45. The van der Waals surface area contributed by atoms with Crippen LogP contribution in [0.25, 0.3) is 0 Å². The van der Waals surface area contributed by atoms with Gasteiger partial charge in [-0.25, -0.2) is 8.42 Å². The van der Waals surface area contributed by atoms with Gasteiger partial charge in [0.05, 0.1) is 5.92 Å². The van der Waals surface area contributed by atoms with Crippen molar-refractivity contribution in [2.24, 2.45) is 5.92 Å². The first kappa shape index (κ1) is 22.7. The molecule has 2 saturated heterocycles. The van der Waals surface area contributed by atoms with E-state index in [0.717, 1.165) is 50.5 Å². The van der Waals surface area contributed by atoms with Crippen LogP contribution in [0.3, 0.4) is 0 Å². The van der Waals surface area contributed by atoms with Gasteiger partial charge in [0.2, 0.25) is 5.91 Å². The van der Waals surface area contributed by atoms with Crippen molar-refractivity contribution in [2.45, 2.75) is 30.0 Å². The molecule has 0 aliphatic carbocycles. The summed E-state index contributed by atoms with van der Waals surface area (Å²) in [5, 5.41) is 2.51. The number of piperidine rings is 1. The lowest BCUT2D eigenvalue weighted by Gasteiger charge is -2.33. The average molecular weight is 482 g/mol. The lowest BCUT2D eigenvalue weighted by Crippen LogP contribution is -2.47. The molecule has 1 aromatic heterocycles. The van der Waals surface area contributed by atoms with Crippen LogP contribution in [-0.4, -0.2) is 67.7 Å². The summed E-state index contributed by atoms with van der Waals surface area (Å²) in [5.41, 5.74) is 1.21. The summed E-state index contributed by atoms with van der Waals surface area (Å²) < 4.78 is 27.6. The molecule has 2 fully saturated rings. The Kier molecular flexibility index (Phi) is 7.33. The highest BCUT2D eigenvalue weighted by Crippen LogP contribution is 2.27. The van der Waals surface area contributed by atoms with E-state index in [1.54, 1.807) is 17.5 Å². The fourth-order valence-electron chi connectivity index (χ4n) is 4.36. The van der Waals surface area contributed by atoms with Crippen molar-refractivity contribution in [2.75, 3.05) is 39.3 Å². The number of amides is 1. The normalized spacial score (nSPS) is 21.7. The van der Waals surface area contributed by atoms with E-state index in [2.05, 4.69) is 4.90 Å². The number of sulfonamides is 1. The number of carbonyl (C=O) groups is 1. The number of carbonyl (C=O) groups excluding carboxylic acids is 1. The van der Waals surface area contributed by atoms with Crippen molar-refractivity contribution < 1.29 is 13.2 Å².